The molecule has 0 fully saturated rings. The van der Waals surface area contributed by atoms with Crippen molar-refractivity contribution in [2.24, 2.45) is 0 Å². The fourth-order valence-electron chi connectivity index (χ4n) is 1.75. The standard InChI is InChI=1S/C14H16N2/c1-2-3-4-8-15-11-12-5-6-13-7-9-16-14(13)10-12/h1,5-7,9-10,15-16H,3-4,8,11H2. The van der Waals surface area contributed by atoms with Crippen LogP contribution < -0.4 is 5.32 Å². The molecule has 2 heteroatoms. The number of rotatable bonds is 5. The van der Waals surface area contributed by atoms with Crippen molar-refractivity contribution in [2.45, 2.75) is 19.4 Å². The molecule has 0 aliphatic heterocycles. The van der Waals surface area contributed by atoms with Crippen molar-refractivity contribution < 1.29 is 0 Å². The third kappa shape index (κ3) is 2.65. The van der Waals surface area contributed by atoms with Gasteiger partial charge in [-0.1, -0.05) is 12.1 Å². The molecule has 0 bridgehead atoms. The summed E-state index contributed by atoms with van der Waals surface area (Å²) in [6.45, 7) is 1.88. The number of benzene rings is 1. The summed E-state index contributed by atoms with van der Waals surface area (Å²) in [5.41, 5.74) is 2.50. The molecule has 0 aliphatic rings. The second-order valence-electron chi connectivity index (χ2n) is 3.88. The van der Waals surface area contributed by atoms with E-state index >= 15 is 0 Å². The molecule has 2 aromatic rings. The van der Waals surface area contributed by atoms with Crippen molar-refractivity contribution >= 4 is 10.9 Å². The van der Waals surface area contributed by atoms with Gasteiger partial charge < -0.3 is 10.3 Å². The third-order valence-corrected chi connectivity index (χ3v) is 2.62. The molecule has 2 N–H and O–H groups in total. The molecular weight excluding hydrogens is 196 g/mol. The molecule has 1 heterocycles. The first-order chi connectivity index (χ1) is 7.90. The van der Waals surface area contributed by atoms with E-state index < -0.39 is 0 Å². The van der Waals surface area contributed by atoms with E-state index in [1.165, 1.54) is 16.5 Å². The second kappa shape index (κ2) is 5.39. The van der Waals surface area contributed by atoms with Gasteiger partial charge in [0.05, 0.1) is 0 Å². The number of hydrogen-bond acceptors (Lipinski definition) is 1. The van der Waals surface area contributed by atoms with Crippen LogP contribution in [0.1, 0.15) is 18.4 Å². The molecule has 0 aliphatic carbocycles. The number of terminal acetylenes is 1. The lowest BCUT2D eigenvalue weighted by Crippen LogP contribution is -2.14. The van der Waals surface area contributed by atoms with Crippen LogP contribution in [0.2, 0.25) is 0 Å². The highest BCUT2D eigenvalue weighted by atomic mass is 14.8. The summed E-state index contributed by atoms with van der Waals surface area (Å²) in [6.07, 6.45) is 9.05. The first kappa shape index (κ1) is 10.8. The maximum absolute atomic E-state index is 5.19. The molecule has 0 atom stereocenters. The third-order valence-electron chi connectivity index (χ3n) is 2.62. The molecule has 0 unspecified atom stereocenters. The van der Waals surface area contributed by atoms with Gasteiger partial charge in [-0.2, -0.15) is 0 Å². The van der Waals surface area contributed by atoms with E-state index in [9.17, 15) is 0 Å². The van der Waals surface area contributed by atoms with Crippen molar-refractivity contribution in [1.82, 2.24) is 10.3 Å². The van der Waals surface area contributed by atoms with Gasteiger partial charge in [0, 0.05) is 24.7 Å². The van der Waals surface area contributed by atoms with Gasteiger partial charge in [0.15, 0.2) is 0 Å². The van der Waals surface area contributed by atoms with Crippen LogP contribution in [-0.2, 0) is 6.54 Å². The average molecular weight is 212 g/mol. The Kier molecular flexibility index (Phi) is 3.63. The Morgan fingerprint density at radius 2 is 2.25 bits per heavy atom. The molecular formula is C14H16N2. The monoisotopic (exact) mass is 212 g/mol. The quantitative estimate of drug-likeness (QED) is 0.579. The summed E-state index contributed by atoms with van der Waals surface area (Å²) in [5.74, 6) is 2.64. The van der Waals surface area contributed by atoms with Crippen LogP contribution in [0.25, 0.3) is 10.9 Å². The predicted octanol–water partition coefficient (Wildman–Crippen LogP) is 2.67. The Balaban J connectivity index is 1.87. The minimum absolute atomic E-state index is 0.850. The number of aromatic amines is 1. The molecule has 1 aromatic heterocycles. The van der Waals surface area contributed by atoms with Gasteiger partial charge >= 0.3 is 0 Å². The van der Waals surface area contributed by atoms with E-state index in [-0.39, 0.29) is 0 Å². The van der Waals surface area contributed by atoms with Crippen molar-refractivity contribution in [2.75, 3.05) is 6.54 Å². The largest absolute Gasteiger partial charge is 0.361 e. The van der Waals surface area contributed by atoms with E-state index in [0.717, 1.165) is 25.9 Å². The average Bonchev–Trinajstić information content (AvgIpc) is 2.76. The lowest BCUT2D eigenvalue weighted by molar-refractivity contribution is 0.659. The molecule has 0 saturated carbocycles. The normalized spacial score (nSPS) is 10.4. The maximum Gasteiger partial charge on any atom is 0.0457 e. The summed E-state index contributed by atoms with van der Waals surface area (Å²) < 4.78 is 0. The van der Waals surface area contributed by atoms with Gasteiger partial charge in [-0.15, -0.1) is 12.3 Å². The van der Waals surface area contributed by atoms with Gasteiger partial charge in [0.2, 0.25) is 0 Å². The topological polar surface area (TPSA) is 27.8 Å². The molecule has 2 nitrogen and oxygen atoms in total. The highest BCUT2D eigenvalue weighted by Crippen LogP contribution is 2.13. The van der Waals surface area contributed by atoms with E-state index in [4.69, 9.17) is 6.42 Å². The zero-order chi connectivity index (χ0) is 11.2. The molecule has 16 heavy (non-hydrogen) atoms. The number of nitrogens with one attached hydrogen (secondary N) is 2. The molecule has 82 valence electrons. The maximum atomic E-state index is 5.19. The molecule has 2 rings (SSSR count). The Morgan fingerprint density at radius 1 is 1.31 bits per heavy atom. The summed E-state index contributed by atoms with van der Waals surface area (Å²) in [4.78, 5) is 3.22. The van der Waals surface area contributed by atoms with Crippen molar-refractivity contribution in [1.29, 1.82) is 0 Å². The van der Waals surface area contributed by atoms with E-state index in [2.05, 4.69) is 40.5 Å². The van der Waals surface area contributed by atoms with Crippen LogP contribution in [-0.4, -0.2) is 11.5 Å². The first-order valence-corrected chi connectivity index (χ1v) is 5.60. The molecule has 0 saturated heterocycles. The zero-order valence-corrected chi connectivity index (χ0v) is 9.29. The summed E-state index contributed by atoms with van der Waals surface area (Å²) in [7, 11) is 0. The van der Waals surface area contributed by atoms with Crippen molar-refractivity contribution in [3.63, 3.8) is 0 Å². The van der Waals surface area contributed by atoms with Crippen LogP contribution in [0, 0.1) is 12.3 Å². The van der Waals surface area contributed by atoms with Crippen LogP contribution in [0.4, 0.5) is 0 Å². The van der Waals surface area contributed by atoms with Crippen LogP contribution in [0.15, 0.2) is 30.5 Å². The highest BCUT2D eigenvalue weighted by molar-refractivity contribution is 5.79. The summed E-state index contributed by atoms with van der Waals surface area (Å²) in [5, 5.41) is 4.64. The highest BCUT2D eigenvalue weighted by Gasteiger charge is 1.96. The molecule has 0 radical (unpaired) electrons. The minimum Gasteiger partial charge on any atom is -0.361 e. The minimum atomic E-state index is 0.850. The fourth-order valence-corrected chi connectivity index (χ4v) is 1.75. The lowest BCUT2D eigenvalue weighted by Gasteiger charge is -2.03. The Labute approximate surface area is 96.1 Å². The Bertz CT molecular complexity index is 491. The Morgan fingerprint density at radius 3 is 3.12 bits per heavy atom. The van der Waals surface area contributed by atoms with Crippen LogP contribution >= 0.6 is 0 Å². The van der Waals surface area contributed by atoms with Crippen LogP contribution in [0.3, 0.4) is 0 Å². The summed E-state index contributed by atoms with van der Waals surface area (Å²) in [6, 6.07) is 8.57. The van der Waals surface area contributed by atoms with Gasteiger partial charge in [0.25, 0.3) is 0 Å². The second-order valence-corrected chi connectivity index (χ2v) is 3.88. The number of fused-ring (bicyclic) bond motifs is 1. The first-order valence-electron chi connectivity index (χ1n) is 5.60. The molecule has 1 aromatic carbocycles. The smallest absolute Gasteiger partial charge is 0.0457 e. The van der Waals surface area contributed by atoms with Gasteiger partial charge in [-0.3, -0.25) is 0 Å². The fraction of sp³-hybridized carbons (Fsp3) is 0.286. The van der Waals surface area contributed by atoms with Gasteiger partial charge in [-0.25, -0.2) is 0 Å². The van der Waals surface area contributed by atoms with Gasteiger partial charge in [0.1, 0.15) is 0 Å². The number of unbranched alkanes of at least 4 members (excludes halogenated alkanes) is 1. The number of hydrogen-bond donors (Lipinski definition) is 2. The van der Waals surface area contributed by atoms with E-state index in [1.807, 2.05) is 6.20 Å². The van der Waals surface area contributed by atoms with Crippen molar-refractivity contribution in [3.05, 3.63) is 36.0 Å². The molecule has 0 spiro atoms. The number of H-pyrrole nitrogens is 1. The molecule has 0 amide bonds. The number of aromatic nitrogens is 1. The zero-order valence-electron chi connectivity index (χ0n) is 9.29. The lowest BCUT2D eigenvalue weighted by atomic mass is 10.1. The predicted molar refractivity (Wildman–Crippen MR) is 68.1 cm³/mol. The van der Waals surface area contributed by atoms with Crippen molar-refractivity contribution in [3.8, 4) is 12.3 Å². The van der Waals surface area contributed by atoms with Crippen LogP contribution in [0.5, 0.6) is 0 Å². The van der Waals surface area contributed by atoms with E-state index in [0.29, 0.717) is 0 Å². The Hall–Kier alpha value is -1.72. The van der Waals surface area contributed by atoms with E-state index in [1.54, 1.807) is 0 Å². The SMILES string of the molecule is C#CCCCNCc1ccc2cc[nH]c2c1. The summed E-state index contributed by atoms with van der Waals surface area (Å²) >= 11 is 0. The van der Waals surface area contributed by atoms with Gasteiger partial charge in [-0.05, 0) is 36.0 Å².